The van der Waals surface area contributed by atoms with E-state index in [9.17, 15) is 14.9 Å². The third-order valence-corrected chi connectivity index (χ3v) is 5.42. The molecule has 1 aromatic heterocycles. The minimum atomic E-state index is -0.476. The van der Waals surface area contributed by atoms with Crippen LogP contribution in [0.2, 0.25) is 0 Å². The van der Waals surface area contributed by atoms with Gasteiger partial charge in [-0.25, -0.2) is 4.98 Å². The summed E-state index contributed by atoms with van der Waals surface area (Å²) in [5.74, 6) is 0.0862. The van der Waals surface area contributed by atoms with E-state index in [-0.39, 0.29) is 23.4 Å². The molecule has 27 heavy (non-hydrogen) atoms. The normalized spacial score (nSPS) is 16.1. The van der Waals surface area contributed by atoms with Gasteiger partial charge in [-0.2, -0.15) is 0 Å². The van der Waals surface area contributed by atoms with Crippen LogP contribution in [0.3, 0.4) is 0 Å². The molecule has 1 N–H and O–H groups in total. The topological polar surface area (TPSA) is 98.3 Å². The number of amides is 1. The Hall–Kier alpha value is -2.87. The molecule has 4 rings (SSSR count). The quantitative estimate of drug-likeness (QED) is 0.406. The summed E-state index contributed by atoms with van der Waals surface area (Å²) in [6.45, 7) is 0. The summed E-state index contributed by atoms with van der Waals surface area (Å²) in [6.07, 6.45) is 3.03. The third kappa shape index (κ3) is 3.80. The lowest BCUT2D eigenvalue weighted by Gasteiger charge is -2.26. The number of benzene rings is 2. The second kappa shape index (κ2) is 7.40. The zero-order chi connectivity index (χ0) is 18.8. The molecule has 1 aliphatic carbocycles. The predicted octanol–water partition coefficient (Wildman–Crippen LogP) is 4.02. The molecule has 3 aromatic rings. The van der Waals surface area contributed by atoms with Crippen molar-refractivity contribution in [3.63, 3.8) is 0 Å². The molecule has 1 aliphatic rings. The van der Waals surface area contributed by atoms with Gasteiger partial charge in [0.15, 0.2) is 5.58 Å². The first-order valence-electron chi connectivity index (χ1n) is 8.65. The van der Waals surface area contributed by atoms with Crippen LogP contribution in [-0.2, 0) is 11.2 Å². The molecule has 7 nitrogen and oxygen atoms in total. The fourth-order valence-electron chi connectivity index (χ4n) is 3.34. The van der Waals surface area contributed by atoms with E-state index >= 15 is 0 Å². The SMILES string of the molecule is O=C(CSc1nc2cc([N+](=O)[O-])ccc2o1)NC1CCCc2ccccc21. The molecule has 0 radical (unpaired) electrons. The van der Waals surface area contributed by atoms with Crippen molar-refractivity contribution in [1.82, 2.24) is 10.3 Å². The average molecular weight is 383 g/mol. The van der Waals surface area contributed by atoms with Crippen LogP contribution in [0.15, 0.2) is 52.1 Å². The highest BCUT2D eigenvalue weighted by molar-refractivity contribution is 7.99. The zero-order valence-electron chi connectivity index (χ0n) is 14.4. The molecule has 0 aliphatic heterocycles. The van der Waals surface area contributed by atoms with Crippen molar-refractivity contribution in [3.05, 3.63) is 63.7 Å². The fraction of sp³-hybridized carbons (Fsp3) is 0.263. The molecule has 1 heterocycles. The number of oxazole rings is 1. The van der Waals surface area contributed by atoms with E-state index in [4.69, 9.17) is 4.42 Å². The van der Waals surface area contributed by atoms with Gasteiger partial charge in [0.25, 0.3) is 10.9 Å². The Morgan fingerprint density at radius 1 is 1.33 bits per heavy atom. The molecule has 1 unspecified atom stereocenters. The molecule has 0 saturated carbocycles. The first kappa shape index (κ1) is 17.5. The van der Waals surface area contributed by atoms with Crippen LogP contribution in [0.25, 0.3) is 11.1 Å². The van der Waals surface area contributed by atoms with Gasteiger partial charge >= 0.3 is 0 Å². The Labute approximate surface area is 159 Å². The van der Waals surface area contributed by atoms with E-state index in [2.05, 4.69) is 22.4 Å². The number of nitrogens with zero attached hydrogens (tertiary/aromatic N) is 2. The summed E-state index contributed by atoms with van der Waals surface area (Å²) in [7, 11) is 0. The van der Waals surface area contributed by atoms with E-state index < -0.39 is 4.92 Å². The Bertz CT molecular complexity index is 1020. The molecular weight excluding hydrogens is 366 g/mol. The van der Waals surface area contributed by atoms with Crippen molar-refractivity contribution in [2.45, 2.75) is 30.5 Å². The number of aromatic nitrogens is 1. The van der Waals surface area contributed by atoms with Crippen LogP contribution in [0.1, 0.15) is 30.0 Å². The Morgan fingerprint density at radius 2 is 2.19 bits per heavy atom. The lowest BCUT2D eigenvalue weighted by molar-refractivity contribution is -0.384. The molecule has 1 amide bonds. The molecule has 1 atom stereocenters. The molecule has 0 bridgehead atoms. The van der Waals surface area contributed by atoms with Gasteiger partial charge < -0.3 is 9.73 Å². The minimum absolute atomic E-state index is 0.0364. The van der Waals surface area contributed by atoms with E-state index in [1.807, 2.05) is 12.1 Å². The number of hydrogen-bond donors (Lipinski definition) is 1. The second-order valence-electron chi connectivity index (χ2n) is 6.39. The average Bonchev–Trinajstić information content (AvgIpc) is 3.09. The number of thioether (sulfide) groups is 1. The molecule has 2 aromatic carbocycles. The van der Waals surface area contributed by atoms with Crippen molar-refractivity contribution in [3.8, 4) is 0 Å². The molecule has 0 spiro atoms. The van der Waals surface area contributed by atoms with Gasteiger partial charge in [-0.1, -0.05) is 36.0 Å². The fourth-order valence-corrected chi connectivity index (χ4v) is 3.99. The van der Waals surface area contributed by atoms with Crippen molar-refractivity contribution in [1.29, 1.82) is 0 Å². The van der Waals surface area contributed by atoms with Gasteiger partial charge in [0.2, 0.25) is 5.91 Å². The number of nitrogens with one attached hydrogen (secondary N) is 1. The van der Waals surface area contributed by atoms with Gasteiger partial charge in [0, 0.05) is 12.1 Å². The van der Waals surface area contributed by atoms with Gasteiger partial charge in [-0.3, -0.25) is 14.9 Å². The summed E-state index contributed by atoms with van der Waals surface area (Å²) >= 11 is 1.18. The van der Waals surface area contributed by atoms with Crippen LogP contribution in [0.4, 0.5) is 5.69 Å². The highest BCUT2D eigenvalue weighted by Gasteiger charge is 2.21. The molecule has 138 valence electrons. The summed E-state index contributed by atoms with van der Waals surface area (Å²) in [6, 6.07) is 12.5. The Balaban J connectivity index is 1.40. The van der Waals surface area contributed by atoms with Crippen molar-refractivity contribution < 1.29 is 14.1 Å². The predicted molar refractivity (Wildman–Crippen MR) is 102 cm³/mol. The summed E-state index contributed by atoms with van der Waals surface area (Å²) in [5, 5.41) is 14.2. The maximum absolute atomic E-state index is 12.4. The largest absolute Gasteiger partial charge is 0.431 e. The number of nitro benzene ring substituents is 1. The molecule has 0 fully saturated rings. The summed E-state index contributed by atoms with van der Waals surface area (Å²) < 4.78 is 5.55. The number of non-ortho nitro benzene ring substituents is 1. The van der Waals surface area contributed by atoms with Gasteiger partial charge in [0.05, 0.1) is 16.7 Å². The van der Waals surface area contributed by atoms with Gasteiger partial charge in [-0.05, 0) is 36.5 Å². The number of carbonyl (C=O) groups excluding carboxylic acids is 1. The lowest BCUT2D eigenvalue weighted by atomic mass is 9.88. The maximum atomic E-state index is 12.4. The number of hydrogen-bond acceptors (Lipinski definition) is 6. The van der Waals surface area contributed by atoms with Gasteiger partial charge in [-0.15, -0.1) is 0 Å². The Morgan fingerprint density at radius 3 is 3.04 bits per heavy atom. The highest BCUT2D eigenvalue weighted by Crippen LogP contribution is 2.30. The molecule has 0 saturated heterocycles. The summed E-state index contributed by atoms with van der Waals surface area (Å²) in [4.78, 5) is 26.9. The van der Waals surface area contributed by atoms with Crippen LogP contribution in [0, 0.1) is 10.1 Å². The van der Waals surface area contributed by atoms with E-state index in [1.54, 1.807) is 0 Å². The van der Waals surface area contributed by atoms with Gasteiger partial charge in [0.1, 0.15) is 5.52 Å². The number of nitro groups is 1. The minimum Gasteiger partial charge on any atom is -0.431 e. The summed E-state index contributed by atoms with van der Waals surface area (Å²) in [5.41, 5.74) is 3.32. The van der Waals surface area contributed by atoms with E-state index in [0.717, 1.165) is 19.3 Å². The third-order valence-electron chi connectivity index (χ3n) is 4.59. The number of rotatable bonds is 5. The first-order valence-corrected chi connectivity index (χ1v) is 9.63. The van der Waals surface area contributed by atoms with Crippen LogP contribution in [0.5, 0.6) is 0 Å². The van der Waals surface area contributed by atoms with Crippen LogP contribution in [-0.4, -0.2) is 21.6 Å². The molecule has 8 heteroatoms. The first-order chi connectivity index (χ1) is 13.1. The maximum Gasteiger partial charge on any atom is 0.271 e. The molecular formula is C19H17N3O4S. The van der Waals surface area contributed by atoms with Crippen LogP contribution >= 0.6 is 11.8 Å². The monoisotopic (exact) mass is 383 g/mol. The standard InChI is InChI=1S/C19H17N3O4S/c23-18(20-15-7-3-5-12-4-1-2-6-14(12)15)11-27-19-21-16-10-13(22(24)25)8-9-17(16)26-19/h1-2,4,6,8-10,15H,3,5,7,11H2,(H,20,23). The van der Waals surface area contributed by atoms with Crippen molar-refractivity contribution in [2.75, 3.05) is 5.75 Å². The lowest BCUT2D eigenvalue weighted by Crippen LogP contribution is -2.32. The number of fused-ring (bicyclic) bond motifs is 2. The zero-order valence-corrected chi connectivity index (χ0v) is 15.2. The Kier molecular flexibility index (Phi) is 4.81. The number of carbonyl (C=O) groups is 1. The smallest absolute Gasteiger partial charge is 0.271 e. The van der Waals surface area contributed by atoms with Crippen molar-refractivity contribution in [2.24, 2.45) is 0 Å². The van der Waals surface area contributed by atoms with Crippen LogP contribution < -0.4 is 5.32 Å². The van der Waals surface area contributed by atoms with E-state index in [1.165, 1.54) is 41.1 Å². The van der Waals surface area contributed by atoms with E-state index in [0.29, 0.717) is 16.3 Å². The second-order valence-corrected chi connectivity index (χ2v) is 7.32. The van der Waals surface area contributed by atoms with Crippen molar-refractivity contribution >= 4 is 34.5 Å². The number of aryl methyl sites for hydroxylation is 1. The highest BCUT2D eigenvalue weighted by atomic mass is 32.2.